The maximum atomic E-state index is 13.0. The molecule has 0 saturated carbocycles. The number of carbonyl (C=O) groups is 2. The van der Waals surface area contributed by atoms with Crippen LogP contribution in [0.5, 0.6) is 5.75 Å². The number of esters is 1. The van der Waals surface area contributed by atoms with Crippen molar-refractivity contribution in [2.24, 2.45) is 5.41 Å². The van der Waals surface area contributed by atoms with E-state index in [9.17, 15) is 9.59 Å². The van der Waals surface area contributed by atoms with Crippen LogP contribution in [0, 0.1) is 5.41 Å². The zero-order valence-corrected chi connectivity index (χ0v) is 19.3. The van der Waals surface area contributed by atoms with Crippen molar-refractivity contribution in [2.45, 2.75) is 32.7 Å². The van der Waals surface area contributed by atoms with Crippen molar-refractivity contribution in [3.63, 3.8) is 0 Å². The van der Waals surface area contributed by atoms with Crippen molar-refractivity contribution in [1.82, 2.24) is 10.2 Å². The molecule has 4 rings (SSSR count). The zero-order valence-electron chi connectivity index (χ0n) is 19.3. The number of urea groups is 1. The van der Waals surface area contributed by atoms with Crippen LogP contribution in [0.15, 0.2) is 54.6 Å². The number of ether oxygens (including phenoxy) is 2. The van der Waals surface area contributed by atoms with E-state index >= 15 is 0 Å². The molecule has 0 bridgehead atoms. The lowest BCUT2D eigenvalue weighted by atomic mass is 9.77. The maximum absolute atomic E-state index is 13.0. The predicted molar refractivity (Wildman–Crippen MR) is 127 cm³/mol. The van der Waals surface area contributed by atoms with E-state index in [2.05, 4.69) is 22.3 Å². The van der Waals surface area contributed by atoms with Crippen molar-refractivity contribution >= 4 is 17.7 Å². The van der Waals surface area contributed by atoms with Crippen LogP contribution in [-0.4, -0.2) is 56.3 Å². The maximum Gasteiger partial charge on any atom is 0.321 e. The number of amides is 2. The Morgan fingerprint density at radius 2 is 1.88 bits per heavy atom. The Morgan fingerprint density at radius 1 is 1.09 bits per heavy atom. The van der Waals surface area contributed by atoms with E-state index < -0.39 is 5.41 Å². The number of likely N-dealkylation sites (tertiary alicyclic amines) is 1. The summed E-state index contributed by atoms with van der Waals surface area (Å²) < 4.78 is 11.4. The lowest BCUT2D eigenvalue weighted by Gasteiger charge is -2.41. The Morgan fingerprint density at radius 3 is 2.58 bits per heavy atom. The van der Waals surface area contributed by atoms with Gasteiger partial charge in [-0.2, -0.15) is 0 Å². The first-order valence-corrected chi connectivity index (χ1v) is 11.8. The van der Waals surface area contributed by atoms with Gasteiger partial charge in [0, 0.05) is 31.9 Å². The van der Waals surface area contributed by atoms with Gasteiger partial charge in [0.15, 0.2) is 0 Å². The number of benzene rings is 2. The largest absolute Gasteiger partial charge is 0.494 e. The van der Waals surface area contributed by atoms with Gasteiger partial charge in [0.05, 0.1) is 18.6 Å². The Labute approximate surface area is 195 Å². The summed E-state index contributed by atoms with van der Waals surface area (Å²) in [6.07, 6.45) is 2.37. The molecule has 7 nitrogen and oxygen atoms in total. The van der Waals surface area contributed by atoms with Crippen LogP contribution in [0.3, 0.4) is 0 Å². The van der Waals surface area contributed by atoms with E-state index in [1.54, 1.807) is 4.90 Å². The Kier molecular flexibility index (Phi) is 7.50. The number of nitrogens with zero attached hydrogens (tertiary/aromatic N) is 2. The summed E-state index contributed by atoms with van der Waals surface area (Å²) in [4.78, 5) is 29.0. The van der Waals surface area contributed by atoms with Gasteiger partial charge in [0.1, 0.15) is 5.75 Å². The van der Waals surface area contributed by atoms with E-state index in [-0.39, 0.29) is 12.0 Å². The molecule has 2 aliphatic rings. The third kappa shape index (κ3) is 5.66. The van der Waals surface area contributed by atoms with Gasteiger partial charge in [0.2, 0.25) is 0 Å². The highest BCUT2D eigenvalue weighted by molar-refractivity contribution is 5.93. The van der Waals surface area contributed by atoms with Gasteiger partial charge in [-0.05, 0) is 62.6 Å². The zero-order chi connectivity index (χ0) is 23.1. The Hall–Kier alpha value is -3.06. The molecule has 0 aliphatic carbocycles. The number of nitrogens with one attached hydrogen (secondary N) is 1. The number of carbonyl (C=O) groups excluding carboxylic acids is 2. The van der Waals surface area contributed by atoms with Gasteiger partial charge in [0.25, 0.3) is 0 Å². The minimum atomic E-state index is -0.559. The quantitative estimate of drug-likeness (QED) is 0.587. The number of anilines is 1. The molecule has 2 aromatic carbocycles. The molecule has 0 radical (unpaired) electrons. The molecular formula is C26H33N3O4. The smallest absolute Gasteiger partial charge is 0.321 e. The fourth-order valence-electron chi connectivity index (χ4n) is 4.76. The SMILES string of the molecule is CCOC(=O)[C@@]1(CCOc2ccccc2)CCCN(Cc2ccc(N3CCNC3=O)cc2)C1. The highest BCUT2D eigenvalue weighted by Gasteiger charge is 2.43. The van der Waals surface area contributed by atoms with E-state index in [1.165, 1.54) is 5.56 Å². The average Bonchev–Trinajstić information content (AvgIpc) is 3.26. The number of hydrogen-bond donors (Lipinski definition) is 1. The van der Waals surface area contributed by atoms with Crippen LogP contribution in [0.2, 0.25) is 0 Å². The molecule has 2 heterocycles. The summed E-state index contributed by atoms with van der Waals surface area (Å²) in [6, 6.07) is 17.8. The summed E-state index contributed by atoms with van der Waals surface area (Å²) in [6.45, 7) is 6.43. The molecule has 1 atom stereocenters. The van der Waals surface area contributed by atoms with Crippen molar-refractivity contribution in [1.29, 1.82) is 0 Å². The second-order valence-electron chi connectivity index (χ2n) is 8.78. The predicted octanol–water partition coefficient (Wildman–Crippen LogP) is 3.83. The molecule has 2 saturated heterocycles. The summed E-state index contributed by atoms with van der Waals surface area (Å²) in [5, 5.41) is 2.83. The Bertz CT molecular complexity index is 934. The number of rotatable bonds is 9. The van der Waals surface area contributed by atoms with Gasteiger partial charge >= 0.3 is 12.0 Å². The van der Waals surface area contributed by atoms with Gasteiger partial charge in [-0.1, -0.05) is 30.3 Å². The molecule has 2 amide bonds. The summed E-state index contributed by atoms with van der Waals surface area (Å²) in [5.41, 5.74) is 1.52. The lowest BCUT2D eigenvalue weighted by Crippen LogP contribution is -2.49. The van der Waals surface area contributed by atoms with Crippen molar-refractivity contribution < 1.29 is 19.1 Å². The summed E-state index contributed by atoms with van der Waals surface area (Å²) >= 11 is 0. The molecule has 2 fully saturated rings. The van der Waals surface area contributed by atoms with Gasteiger partial charge in [-0.3, -0.25) is 14.6 Å². The fourth-order valence-corrected chi connectivity index (χ4v) is 4.76. The minimum absolute atomic E-state index is 0.0456. The van der Waals surface area contributed by atoms with E-state index in [0.29, 0.717) is 39.3 Å². The van der Waals surface area contributed by atoms with Crippen molar-refractivity contribution in [2.75, 3.05) is 44.3 Å². The third-order valence-electron chi connectivity index (χ3n) is 6.47. The third-order valence-corrected chi connectivity index (χ3v) is 6.47. The van der Waals surface area contributed by atoms with Crippen LogP contribution in [-0.2, 0) is 16.1 Å². The molecule has 2 aromatic rings. The van der Waals surface area contributed by atoms with Crippen LogP contribution < -0.4 is 15.0 Å². The molecule has 2 aliphatic heterocycles. The molecule has 176 valence electrons. The number of piperidine rings is 1. The normalized spacial score (nSPS) is 21.0. The van der Waals surface area contributed by atoms with Crippen LogP contribution >= 0.6 is 0 Å². The summed E-state index contributed by atoms with van der Waals surface area (Å²) in [7, 11) is 0. The van der Waals surface area contributed by atoms with E-state index in [1.807, 2.05) is 49.4 Å². The molecule has 33 heavy (non-hydrogen) atoms. The monoisotopic (exact) mass is 451 g/mol. The lowest BCUT2D eigenvalue weighted by molar-refractivity contribution is -0.160. The topological polar surface area (TPSA) is 71.1 Å². The molecule has 7 heteroatoms. The highest BCUT2D eigenvalue weighted by atomic mass is 16.5. The molecule has 0 unspecified atom stereocenters. The van der Waals surface area contributed by atoms with E-state index in [0.717, 1.165) is 37.4 Å². The molecule has 0 spiro atoms. The molecular weight excluding hydrogens is 418 g/mol. The van der Waals surface area contributed by atoms with Gasteiger partial charge in [-0.25, -0.2) is 4.79 Å². The van der Waals surface area contributed by atoms with Crippen molar-refractivity contribution in [3.8, 4) is 5.75 Å². The van der Waals surface area contributed by atoms with Crippen LogP contribution in [0.1, 0.15) is 31.7 Å². The van der Waals surface area contributed by atoms with Crippen LogP contribution in [0.25, 0.3) is 0 Å². The van der Waals surface area contributed by atoms with Gasteiger partial charge in [-0.15, -0.1) is 0 Å². The second-order valence-corrected chi connectivity index (χ2v) is 8.78. The first kappa shape index (κ1) is 23.1. The van der Waals surface area contributed by atoms with Crippen LogP contribution in [0.4, 0.5) is 10.5 Å². The molecule has 0 aromatic heterocycles. The minimum Gasteiger partial charge on any atom is -0.494 e. The fraction of sp³-hybridized carbons (Fsp3) is 0.462. The second kappa shape index (κ2) is 10.7. The van der Waals surface area contributed by atoms with E-state index in [4.69, 9.17) is 9.47 Å². The first-order chi connectivity index (χ1) is 16.1. The number of hydrogen-bond acceptors (Lipinski definition) is 5. The highest BCUT2D eigenvalue weighted by Crippen LogP contribution is 2.36. The van der Waals surface area contributed by atoms with Crippen molar-refractivity contribution in [3.05, 3.63) is 60.2 Å². The average molecular weight is 452 g/mol. The summed E-state index contributed by atoms with van der Waals surface area (Å²) in [5.74, 6) is 0.692. The first-order valence-electron chi connectivity index (χ1n) is 11.8. The number of para-hydroxylation sites is 1. The molecule has 1 N–H and O–H groups in total. The Balaban J connectivity index is 1.40. The van der Waals surface area contributed by atoms with Gasteiger partial charge < -0.3 is 14.8 Å². The standard InChI is InChI=1S/C26H33N3O4/c1-2-32-24(30)26(14-18-33-23-7-4-3-5-8-23)13-6-16-28(20-26)19-21-9-11-22(12-10-21)29-17-15-27-25(29)31/h3-5,7-12H,2,6,13-20H2,1H3,(H,27,31)/t26-/m1/s1.